The van der Waals surface area contributed by atoms with Crippen molar-refractivity contribution in [3.63, 3.8) is 0 Å². The van der Waals surface area contributed by atoms with Crippen LogP contribution in [0.2, 0.25) is 0 Å². The first-order valence-electron chi connectivity index (χ1n) is 5.85. The number of hydrogen-bond donors (Lipinski definition) is 1. The molecule has 0 amide bonds. The fourth-order valence-corrected chi connectivity index (χ4v) is 2.63. The maximum Gasteiger partial charge on any atom is 0.224 e. The second-order valence-corrected chi connectivity index (χ2v) is 5.00. The summed E-state index contributed by atoms with van der Waals surface area (Å²) in [6, 6.07) is 8.45. The van der Waals surface area contributed by atoms with E-state index in [0.717, 1.165) is 23.3 Å². The lowest BCUT2D eigenvalue weighted by atomic mass is 10.2. The van der Waals surface area contributed by atoms with E-state index in [-0.39, 0.29) is 0 Å². The highest BCUT2D eigenvalue weighted by molar-refractivity contribution is 9.10. The summed E-state index contributed by atoms with van der Waals surface area (Å²) in [4.78, 5) is 10.9. The molecule has 1 N–H and O–H groups in total. The van der Waals surface area contributed by atoms with Crippen LogP contribution in [0.4, 0.5) is 17.5 Å². The van der Waals surface area contributed by atoms with Gasteiger partial charge in [-0.3, -0.25) is 0 Å². The number of anilines is 3. The number of rotatable bonds is 2. The van der Waals surface area contributed by atoms with E-state index >= 15 is 0 Å². The Morgan fingerprint density at radius 1 is 1.33 bits per heavy atom. The van der Waals surface area contributed by atoms with Crippen molar-refractivity contribution >= 4 is 33.4 Å². The van der Waals surface area contributed by atoms with Crippen LogP contribution in [-0.2, 0) is 6.42 Å². The van der Waals surface area contributed by atoms with Gasteiger partial charge in [0.1, 0.15) is 0 Å². The molecule has 0 radical (unpaired) electrons. The van der Waals surface area contributed by atoms with Crippen molar-refractivity contribution in [3.8, 4) is 0 Å². The molecule has 0 aliphatic carbocycles. The Labute approximate surface area is 114 Å². The zero-order chi connectivity index (χ0) is 12.5. The average Bonchev–Trinajstić information content (AvgIpc) is 2.83. The predicted octanol–water partition coefficient (Wildman–Crippen LogP) is 2.98. The molecule has 18 heavy (non-hydrogen) atoms. The van der Waals surface area contributed by atoms with Gasteiger partial charge in [-0.25, -0.2) is 4.98 Å². The number of hydrogen-bond acceptors (Lipinski definition) is 4. The third-order valence-electron chi connectivity index (χ3n) is 3.09. The summed E-state index contributed by atoms with van der Waals surface area (Å²) in [5.74, 6) is 1.55. The third-order valence-corrected chi connectivity index (χ3v) is 3.65. The fraction of sp³-hybridized carbons (Fsp3) is 0.231. The lowest BCUT2D eigenvalue weighted by Crippen LogP contribution is -2.16. The first kappa shape index (κ1) is 11.5. The highest BCUT2D eigenvalue weighted by Crippen LogP contribution is 2.36. The Morgan fingerprint density at radius 2 is 2.17 bits per heavy atom. The zero-order valence-corrected chi connectivity index (χ0v) is 11.6. The minimum absolute atomic E-state index is 0.637. The first-order chi connectivity index (χ1) is 8.79. The van der Waals surface area contributed by atoms with Gasteiger partial charge in [-0.05, 0) is 34.0 Å². The summed E-state index contributed by atoms with van der Waals surface area (Å²) >= 11 is 3.53. The van der Waals surface area contributed by atoms with Crippen molar-refractivity contribution in [3.05, 3.63) is 40.5 Å². The Hall–Kier alpha value is -1.62. The molecule has 0 saturated heterocycles. The van der Waals surface area contributed by atoms with E-state index < -0.39 is 0 Å². The highest BCUT2D eigenvalue weighted by Gasteiger charge is 2.23. The van der Waals surface area contributed by atoms with E-state index in [2.05, 4.69) is 60.4 Å². The van der Waals surface area contributed by atoms with E-state index in [1.165, 1.54) is 11.3 Å². The molecule has 0 atom stereocenters. The van der Waals surface area contributed by atoms with Gasteiger partial charge in [0, 0.05) is 25.5 Å². The van der Waals surface area contributed by atoms with E-state index in [9.17, 15) is 0 Å². The molecule has 0 unspecified atom stereocenters. The van der Waals surface area contributed by atoms with Crippen LogP contribution >= 0.6 is 15.9 Å². The average molecular weight is 305 g/mol. The molecule has 0 fully saturated rings. The van der Waals surface area contributed by atoms with Crippen LogP contribution in [0.25, 0.3) is 0 Å². The summed E-state index contributed by atoms with van der Waals surface area (Å²) in [7, 11) is 1.82. The van der Waals surface area contributed by atoms with Crippen molar-refractivity contribution in [2.45, 2.75) is 6.42 Å². The minimum Gasteiger partial charge on any atom is -0.357 e. The van der Waals surface area contributed by atoms with E-state index in [4.69, 9.17) is 0 Å². The normalized spacial score (nSPS) is 13.6. The number of benzene rings is 1. The Balaban J connectivity index is 2.07. The standard InChI is InChI=1S/C13H13BrN4/c1-15-13-16-8-10(14)12(17-13)18-7-6-9-4-2-3-5-11(9)18/h2-5,8H,6-7H2,1H3,(H,15,16,17). The summed E-state index contributed by atoms with van der Waals surface area (Å²) in [6.07, 6.45) is 2.84. The minimum atomic E-state index is 0.637. The number of fused-ring (bicyclic) bond motifs is 1. The monoisotopic (exact) mass is 304 g/mol. The lowest BCUT2D eigenvalue weighted by Gasteiger charge is -2.19. The topological polar surface area (TPSA) is 41.1 Å². The summed E-state index contributed by atoms with van der Waals surface area (Å²) in [5, 5.41) is 2.97. The van der Waals surface area contributed by atoms with Crippen LogP contribution < -0.4 is 10.2 Å². The highest BCUT2D eigenvalue weighted by atomic mass is 79.9. The maximum absolute atomic E-state index is 4.53. The van der Waals surface area contributed by atoms with Gasteiger partial charge in [0.05, 0.1) is 4.47 Å². The van der Waals surface area contributed by atoms with Crippen LogP contribution in [0.5, 0.6) is 0 Å². The number of nitrogens with zero attached hydrogens (tertiary/aromatic N) is 3. The second-order valence-electron chi connectivity index (χ2n) is 4.15. The molecule has 2 aromatic rings. The van der Waals surface area contributed by atoms with E-state index in [1.54, 1.807) is 6.20 Å². The molecular formula is C13H13BrN4. The Morgan fingerprint density at radius 3 is 3.00 bits per heavy atom. The largest absolute Gasteiger partial charge is 0.357 e. The predicted molar refractivity (Wildman–Crippen MR) is 76.4 cm³/mol. The van der Waals surface area contributed by atoms with Gasteiger partial charge < -0.3 is 10.2 Å². The third kappa shape index (κ3) is 1.84. The van der Waals surface area contributed by atoms with Crippen molar-refractivity contribution in [2.24, 2.45) is 0 Å². The molecule has 1 aromatic carbocycles. The quantitative estimate of drug-likeness (QED) is 0.926. The van der Waals surface area contributed by atoms with Gasteiger partial charge in [0.25, 0.3) is 0 Å². The van der Waals surface area contributed by atoms with Crippen molar-refractivity contribution in [1.29, 1.82) is 0 Å². The lowest BCUT2D eigenvalue weighted by molar-refractivity contribution is 0.960. The summed E-state index contributed by atoms with van der Waals surface area (Å²) < 4.78 is 0.915. The van der Waals surface area contributed by atoms with Gasteiger partial charge in [0.2, 0.25) is 5.95 Å². The van der Waals surface area contributed by atoms with E-state index in [1.807, 2.05) is 7.05 Å². The molecule has 2 heterocycles. The van der Waals surface area contributed by atoms with Crippen LogP contribution in [0.1, 0.15) is 5.56 Å². The van der Waals surface area contributed by atoms with Crippen molar-refractivity contribution in [2.75, 3.05) is 23.8 Å². The molecular weight excluding hydrogens is 292 g/mol. The van der Waals surface area contributed by atoms with Gasteiger partial charge in [-0.1, -0.05) is 18.2 Å². The molecule has 92 valence electrons. The molecule has 1 aliphatic heterocycles. The van der Waals surface area contributed by atoms with Crippen LogP contribution in [0.15, 0.2) is 34.9 Å². The smallest absolute Gasteiger partial charge is 0.224 e. The number of nitrogens with one attached hydrogen (secondary N) is 1. The van der Waals surface area contributed by atoms with Gasteiger partial charge in [-0.2, -0.15) is 4.98 Å². The van der Waals surface area contributed by atoms with Crippen molar-refractivity contribution in [1.82, 2.24) is 9.97 Å². The molecule has 0 bridgehead atoms. The van der Waals surface area contributed by atoms with Crippen LogP contribution in [0, 0.1) is 0 Å². The van der Waals surface area contributed by atoms with Gasteiger partial charge in [0.15, 0.2) is 5.82 Å². The molecule has 4 nitrogen and oxygen atoms in total. The molecule has 0 spiro atoms. The van der Waals surface area contributed by atoms with Gasteiger partial charge in [-0.15, -0.1) is 0 Å². The Kier molecular flexibility index (Phi) is 2.91. The first-order valence-corrected chi connectivity index (χ1v) is 6.64. The molecule has 1 aromatic heterocycles. The fourth-order valence-electron chi connectivity index (χ4n) is 2.23. The van der Waals surface area contributed by atoms with Crippen molar-refractivity contribution < 1.29 is 0 Å². The SMILES string of the molecule is CNc1ncc(Br)c(N2CCc3ccccc32)n1. The molecule has 3 rings (SSSR count). The van der Waals surface area contributed by atoms with Gasteiger partial charge >= 0.3 is 0 Å². The van der Waals surface area contributed by atoms with E-state index in [0.29, 0.717) is 5.95 Å². The summed E-state index contributed by atoms with van der Waals surface area (Å²) in [6.45, 7) is 0.956. The van der Waals surface area contributed by atoms with Crippen LogP contribution in [0.3, 0.4) is 0 Å². The maximum atomic E-state index is 4.53. The zero-order valence-electron chi connectivity index (χ0n) is 10.0. The molecule has 1 aliphatic rings. The summed E-state index contributed by atoms with van der Waals surface area (Å²) in [5.41, 5.74) is 2.60. The number of para-hydroxylation sites is 1. The number of halogens is 1. The molecule has 5 heteroatoms. The van der Waals surface area contributed by atoms with Crippen LogP contribution in [-0.4, -0.2) is 23.6 Å². The Bertz CT molecular complexity index is 585. The second kappa shape index (κ2) is 4.57. The molecule has 0 saturated carbocycles. The number of aromatic nitrogens is 2.